The lowest BCUT2D eigenvalue weighted by molar-refractivity contribution is -0.122. The van der Waals surface area contributed by atoms with Crippen LogP contribution in [0.4, 0.5) is 4.39 Å². The van der Waals surface area contributed by atoms with Gasteiger partial charge in [-0.1, -0.05) is 22.4 Å². The third-order valence-corrected chi connectivity index (χ3v) is 4.20. The molecule has 1 aliphatic rings. The van der Waals surface area contributed by atoms with Crippen molar-refractivity contribution in [3.05, 3.63) is 34.1 Å². The molecule has 98 valence electrons. The van der Waals surface area contributed by atoms with Crippen LogP contribution in [0.2, 0.25) is 0 Å². The predicted octanol–water partition coefficient (Wildman–Crippen LogP) is 3.22. The minimum absolute atomic E-state index is 0.0294. The molecule has 0 bridgehead atoms. The van der Waals surface area contributed by atoms with Gasteiger partial charge in [0.1, 0.15) is 11.6 Å². The van der Waals surface area contributed by atoms with Crippen LogP contribution >= 0.6 is 15.9 Å². The van der Waals surface area contributed by atoms with E-state index in [2.05, 4.69) is 15.9 Å². The zero-order valence-corrected chi connectivity index (χ0v) is 11.8. The lowest BCUT2D eigenvalue weighted by Gasteiger charge is -2.40. The molecule has 0 saturated heterocycles. The second-order valence-electron chi connectivity index (χ2n) is 5.23. The molecule has 0 amide bonds. The molecule has 0 radical (unpaired) electrons. The lowest BCUT2D eigenvalue weighted by atomic mass is 9.65. The standard InChI is InChI=1S/C14H17BrFNO/c15-11-4-10(5-12(16)7-11)6-13(18)8-14(9-17)2-1-3-14/h4-5,7H,1-3,6,8-9,17H2. The Kier molecular flexibility index (Phi) is 4.17. The normalized spacial score (nSPS) is 17.3. The van der Waals surface area contributed by atoms with E-state index in [1.54, 1.807) is 6.07 Å². The number of rotatable bonds is 5. The number of hydrogen-bond acceptors (Lipinski definition) is 2. The molecule has 1 aromatic carbocycles. The molecule has 0 spiro atoms. The number of hydrogen-bond donors (Lipinski definition) is 1. The molecule has 1 fully saturated rings. The number of halogens is 2. The van der Waals surface area contributed by atoms with Gasteiger partial charge in [-0.3, -0.25) is 4.79 Å². The molecule has 2 N–H and O–H groups in total. The fraction of sp³-hybridized carbons (Fsp3) is 0.500. The Bertz CT molecular complexity index is 431. The van der Waals surface area contributed by atoms with Crippen molar-refractivity contribution < 1.29 is 9.18 Å². The van der Waals surface area contributed by atoms with Crippen LogP contribution in [-0.2, 0) is 11.2 Å². The molecule has 18 heavy (non-hydrogen) atoms. The third-order valence-electron chi connectivity index (χ3n) is 3.74. The van der Waals surface area contributed by atoms with Gasteiger partial charge in [0.05, 0.1) is 0 Å². The van der Waals surface area contributed by atoms with Gasteiger partial charge < -0.3 is 5.73 Å². The number of carbonyl (C=O) groups excluding carboxylic acids is 1. The molecule has 2 rings (SSSR count). The van der Waals surface area contributed by atoms with Gasteiger partial charge in [0, 0.05) is 17.3 Å². The summed E-state index contributed by atoms with van der Waals surface area (Å²) in [5.41, 5.74) is 6.49. The number of carbonyl (C=O) groups is 1. The van der Waals surface area contributed by atoms with Crippen molar-refractivity contribution >= 4 is 21.7 Å². The fourth-order valence-electron chi connectivity index (χ4n) is 2.55. The molecule has 1 aliphatic carbocycles. The highest BCUT2D eigenvalue weighted by molar-refractivity contribution is 9.10. The minimum Gasteiger partial charge on any atom is -0.330 e. The summed E-state index contributed by atoms with van der Waals surface area (Å²) in [7, 11) is 0. The molecule has 0 unspecified atom stereocenters. The van der Waals surface area contributed by atoms with E-state index in [0.717, 1.165) is 24.8 Å². The van der Waals surface area contributed by atoms with Crippen LogP contribution in [0.25, 0.3) is 0 Å². The first-order chi connectivity index (χ1) is 8.53. The molecular formula is C14H17BrFNO. The summed E-state index contributed by atoms with van der Waals surface area (Å²) in [6.45, 7) is 0.575. The molecule has 0 aromatic heterocycles. The molecule has 0 aliphatic heterocycles. The van der Waals surface area contributed by atoms with E-state index in [1.807, 2.05) is 0 Å². The second-order valence-corrected chi connectivity index (χ2v) is 6.14. The molecule has 2 nitrogen and oxygen atoms in total. The Morgan fingerprint density at radius 1 is 1.39 bits per heavy atom. The Hall–Kier alpha value is -0.740. The van der Waals surface area contributed by atoms with E-state index in [-0.39, 0.29) is 23.4 Å². The van der Waals surface area contributed by atoms with Gasteiger partial charge in [0.2, 0.25) is 0 Å². The molecule has 1 saturated carbocycles. The first-order valence-electron chi connectivity index (χ1n) is 6.20. The van der Waals surface area contributed by atoms with E-state index < -0.39 is 0 Å². The van der Waals surface area contributed by atoms with Crippen LogP contribution in [0.5, 0.6) is 0 Å². The van der Waals surface area contributed by atoms with Gasteiger partial charge in [0.25, 0.3) is 0 Å². The van der Waals surface area contributed by atoms with Crippen LogP contribution in [0.3, 0.4) is 0 Å². The quantitative estimate of drug-likeness (QED) is 0.907. The van der Waals surface area contributed by atoms with Gasteiger partial charge in [0.15, 0.2) is 0 Å². The van der Waals surface area contributed by atoms with Crippen molar-refractivity contribution in [2.24, 2.45) is 11.1 Å². The van der Waals surface area contributed by atoms with Crippen molar-refractivity contribution in [2.45, 2.75) is 32.1 Å². The SMILES string of the molecule is NCC1(CC(=O)Cc2cc(F)cc(Br)c2)CCC1. The van der Waals surface area contributed by atoms with E-state index in [4.69, 9.17) is 5.73 Å². The van der Waals surface area contributed by atoms with Gasteiger partial charge in [-0.2, -0.15) is 0 Å². The summed E-state index contributed by atoms with van der Waals surface area (Å²) in [5, 5.41) is 0. The maximum atomic E-state index is 13.2. The van der Waals surface area contributed by atoms with Crippen LogP contribution in [0, 0.1) is 11.2 Å². The van der Waals surface area contributed by atoms with Crippen molar-refractivity contribution in [3.8, 4) is 0 Å². The van der Waals surface area contributed by atoms with E-state index in [0.29, 0.717) is 17.4 Å². The largest absolute Gasteiger partial charge is 0.330 e. The smallest absolute Gasteiger partial charge is 0.137 e. The average Bonchev–Trinajstić information content (AvgIpc) is 2.21. The zero-order chi connectivity index (χ0) is 13.2. The zero-order valence-electron chi connectivity index (χ0n) is 10.2. The minimum atomic E-state index is -0.315. The van der Waals surface area contributed by atoms with Crippen molar-refractivity contribution in [3.63, 3.8) is 0 Å². The number of nitrogens with two attached hydrogens (primary N) is 1. The maximum Gasteiger partial charge on any atom is 0.137 e. The van der Waals surface area contributed by atoms with Gasteiger partial charge >= 0.3 is 0 Å². The number of ketones is 1. The summed E-state index contributed by atoms with van der Waals surface area (Å²) in [6.07, 6.45) is 4.07. The van der Waals surface area contributed by atoms with Gasteiger partial charge in [-0.25, -0.2) is 4.39 Å². The fourth-order valence-corrected chi connectivity index (χ4v) is 3.06. The van der Waals surface area contributed by atoms with Gasteiger partial charge in [-0.05, 0) is 48.6 Å². The number of benzene rings is 1. The number of Topliss-reactive ketones (excluding diaryl/α,β-unsaturated/α-hetero) is 1. The van der Waals surface area contributed by atoms with Crippen molar-refractivity contribution in [2.75, 3.05) is 6.54 Å². The summed E-state index contributed by atoms with van der Waals surface area (Å²) < 4.78 is 13.9. The summed E-state index contributed by atoms with van der Waals surface area (Å²) in [6, 6.07) is 4.59. The predicted molar refractivity (Wildman–Crippen MR) is 72.8 cm³/mol. The third kappa shape index (κ3) is 3.18. The van der Waals surface area contributed by atoms with Crippen LogP contribution in [0.1, 0.15) is 31.2 Å². The first-order valence-corrected chi connectivity index (χ1v) is 6.99. The molecule has 0 atom stereocenters. The summed E-state index contributed by atoms with van der Waals surface area (Å²) in [4.78, 5) is 12.0. The Labute approximate surface area is 115 Å². The van der Waals surface area contributed by atoms with Gasteiger partial charge in [-0.15, -0.1) is 0 Å². The highest BCUT2D eigenvalue weighted by Crippen LogP contribution is 2.43. The van der Waals surface area contributed by atoms with E-state index >= 15 is 0 Å². The van der Waals surface area contributed by atoms with Crippen molar-refractivity contribution in [1.29, 1.82) is 0 Å². The van der Waals surface area contributed by atoms with Crippen LogP contribution in [0.15, 0.2) is 22.7 Å². The Balaban J connectivity index is 1.98. The highest BCUT2D eigenvalue weighted by Gasteiger charge is 2.37. The average molecular weight is 314 g/mol. The lowest BCUT2D eigenvalue weighted by Crippen LogP contribution is -2.39. The monoisotopic (exact) mass is 313 g/mol. The van der Waals surface area contributed by atoms with Crippen molar-refractivity contribution in [1.82, 2.24) is 0 Å². The molecule has 0 heterocycles. The molecule has 4 heteroatoms. The molecule has 1 aromatic rings. The summed E-state index contributed by atoms with van der Waals surface area (Å²) in [5.74, 6) is -0.165. The highest BCUT2D eigenvalue weighted by atomic mass is 79.9. The van der Waals surface area contributed by atoms with E-state index in [9.17, 15) is 9.18 Å². The Morgan fingerprint density at radius 3 is 2.61 bits per heavy atom. The second kappa shape index (κ2) is 5.49. The Morgan fingerprint density at radius 2 is 2.11 bits per heavy atom. The van der Waals surface area contributed by atoms with E-state index in [1.165, 1.54) is 12.1 Å². The summed E-state index contributed by atoms with van der Waals surface area (Å²) >= 11 is 3.23. The first kappa shape index (κ1) is 13.7. The maximum absolute atomic E-state index is 13.2. The molecular weight excluding hydrogens is 297 g/mol. The van der Waals surface area contributed by atoms with Crippen LogP contribution < -0.4 is 5.73 Å². The topological polar surface area (TPSA) is 43.1 Å². The van der Waals surface area contributed by atoms with Crippen LogP contribution in [-0.4, -0.2) is 12.3 Å².